The Hall–Kier alpha value is -0.800. The SMILES string of the molecule is CNC1=CCC(CCO)(NC)C=C1. The van der Waals surface area contributed by atoms with Gasteiger partial charge >= 0.3 is 0 Å². The smallest absolute Gasteiger partial charge is 0.0451 e. The highest BCUT2D eigenvalue weighted by atomic mass is 16.3. The van der Waals surface area contributed by atoms with E-state index < -0.39 is 0 Å². The normalized spacial score (nSPS) is 27.2. The van der Waals surface area contributed by atoms with Crippen molar-refractivity contribution in [3.05, 3.63) is 23.9 Å². The van der Waals surface area contributed by atoms with Crippen molar-refractivity contribution in [3.63, 3.8) is 0 Å². The van der Waals surface area contributed by atoms with Crippen LogP contribution in [-0.4, -0.2) is 31.3 Å². The maximum Gasteiger partial charge on any atom is 0.0451 e. The molecule has 0 fully saturated rings. The molecule has 0 aromatic carbocycles. The number of allylic oxidation sites excluding steroid dienone is 1. The topological polar surface area (TPSA) is 44.3 Å². The molecule has 0 saturated carbocycles. The minimum Gasteiger partial charge on any atom is -0.396 e. The lowest BCUT2D eigenvalue weighted by molar-refractivity contribution is 0.242. The van der Waals surface area contributed by atoms with E-state index >= 15 is 0 Å². The Balaban J connectivity index is 2.65. The van der Waals surface area contributed by atoms with E-state index in [4.69, 9.17) is 5.11 Å². The summed E-state index contributed by atoms with van der Waals surface area (Å²) in [6.07, 6.45) is 8.00. The van der Waals surface area contributed by atoms with Crippen molar-refractivity contribution in [3.8, 4) is 0 Å². The van der Waals surface area contributed by atoms with E-state index in [0.29, 0.717) is 0 Å². The molecular formula is C10H18N2O. The fourth-order valence-electron chi connectivity index (χ4n) is 1.56. The molecule has 0 aromatic rings. The second-order valence-corrected chi connectivity index (χ2v) is 3.33. The summed E-state index contributed by atoms with van der Waals surface area (Å²) < 4.78 is 0. The number of rotatable bonds is 4. The second-order valence-electron chi connectivity index (χ2n) is 3.33. The first-order valence-electron chi connectivity index (χ1n) is 4.63. The van der Waals surface area contributed by atoms with Gasteiger partial charge in [0.05, 0.1) is 0 Å². The van der Waals surface area contributed by atoms with Crippen LogP contribution in [0.15, 0.2) is 23.9 Å². The first-order valence-corrected chi connectivity index (χ1v) is 4.63. The van der Waals surface area contributed by atoms with Crippen molar-refractivity contribution < 1.29 is 5.11 Å². The van der Waals surface area contributed by atoms with Gasteiger partial charge in [-0.1, -0.05) is 12.2 Å². The van der Waals surface area contributed by atoms with Gasteiger partial charge in [0.25, 0.3) is 0 Å². The first kappa shape index (κ1) is 10.3. The highest BCUT2D eigenvalue weighted by Gasteiger charge is 2.25. The maximum absolute atomic E-state index is 8.93. The summed E-state index contributed by atoms with van der Waals surface area (Å²) in [5.74, 6) is 0. The lowest BCUT2D eigenvalue weighted by atomic mass is 9.87. The number of likely N-dealkylation sites (N-methyl/N-ethyl adjacent to an activating group) is 2. The van der Waals surface area contributed by atoms with Crippen LogP contribution in [0.1, 0.15) is 12.8 Å². The number of aliphatic hydroxyl groups excluding tert-OH is 1. The highest BCUT2D eigenvalue weighted by molar-refractivity contribution is 5.27. The second kappa shape index (κ2) is 4.44. The summed E-state index contributed by atoms with van der Waals surface area (Å²) >= 11 is 0. The average Bonchev–Trinajstić information content (AvgIpc) is 2.19. The van der Waals surface area contributed by atoms with Crippen LogP contribution in [-0.2, 0) is 0 Å². The van der Waals surface area contributed by atoms with Crippen LogP contribution in [0.2, 0.25) is 0 Å². The summed E-state index contributed by atoms with van der Waals surface area (Å²) in [6.45, 7) is 0.216. The largest absolute Gasteiger partial charge is 0.396 e. The lowest BCUT2D eigenvalue weighted by Crippen LogP contribution is -2.42. The molecule has 3 heteroatoms. The Morgan fingerprint density at radius 3 is 2.69 bits per heavy atom. The monoisotopic (exact) mass is 182 g/mol. The molecule has 3 nitrogen and oxygen atoms in total. The van der Waals surface area contributed by atoms with E-state index in [1.54, 1.807) is 0 Å². The van der Waals surface area contributed by atoms with Crippen LogP contribution in [0.5, 0.6) is 0 Å². The van der Waals surface area contributed by atoms with Crippen molar-refractivity contribution in [2.24, 2.45) is 0 Å². The van der Waals surface area contributed by atoms with Crippen molar-refractivity contribution in [2.45, 2.75) is 18.4 Å². The van der Waals surface area contributed by atoms with E-state index in [0.717, 1.165) is 18.5 Å². The Bertz CT molecular complexity index is 223. The van der Waals surface area contributed by atoms with Crippen molar-refractivity contribution in [2.75, 3.05) is 20.7 Å². The zero-order valence-corrected chi connectivity index (χ0v) is 8.30. The van der Waals surface area contributed by atoms with Crippen molar-refractivity contribution in [1.29, 1.82) is 0 Å². The van der Waals surface area contributed by atoms with Crippen LogP contribution in [0, 0.1) is 0 Å². The van der Waals surface area contributed by atoms with Crippen LogP contribution in [0.4, 0.5) is 0 Å². The molecule has 0 bridgehead atoms. The fraction of sp³-hybridized carbons (Fsp3) is 0.600. The maximum atomic E-state index is 8.93. The summed E-state index contributed by atoms with van der Waals surface area (Å²) in [6, 6.07) is 0. The van der Waals surface area contributed by atoms with Gasteiger partial charge in [-0.05, 0) is 26.0 Å². The van der Waals surface area contributed by atoms with Crippen LogP contribution >= 0.6 is 0 Å². The minimum absolute atomic E-state index is 0.0465. The van der Waals surface area contributed by atoms with E-state index in [9.17, 15) is 0 Å². The highest BCUT2D eigenvalue weighted by Crippen LogP contribution is 2.22. The number of nitrogens with one attached hydrogen (secondary N) is 2. The summed E-state index contributed by atoms with van der Waals surface area (Å²) in [5.41, 5.74) is 1.10. The van der Waals surface area contributed by atoms with Gasteiger partial charge in [0.15, 0.2) is 0 Å². The first-order chi connectivity index (χ1) is 6.26. The van der Waals surface area contributed by atoms with Gasteiger partial charge in [-0.25, -0.2) is 0 Å². The Labute approximate surface area is 79.5 Å². The molecule has 0 aliphatic heterocycles. The van der Waals surface area contributed by atoms with Crippen LogP contribution in [0.25, 0.3) is 0 Å². The van der Waals surface area contributed by atoms with Gasteiger partial charge < -0.3 is 15.7 Å². The summed E-state index contributed by atoms with van der Waals surface area (Å²) in [5, 5.41) is 15.3. The van der Waals surface area contributed by atoms with E-state index in [1.807, 2.05) is 14.1 Å². The molecule has 1 aliphatic rings. The third-order valence-electron chi connectivity index (χ3n) is 2.61. The predicted octanol–water partition coefficient (Wildman–Crippen LogP) is 0.390. The van der Waals surface area contributed by atoms with Gasteiger partial charge in [-0.15, -0.1) is 0 Å². The number of hydrogen-bond donors (Lipinski definition) is 3. The number of aliphatic hydroxyl groups is 1. The van der Waals surface area contributed by atoms with Crippen molar-refractivity contribution in [1.82, 2.24) is 10.6 Å². The molecular weight excluding hydrogens is 164 g/mol. The van der Waals surface area contributed by atoms with Gasteiger partial charge in [-0.3, -0.25) is 0 Å². The molecule has 74 valence electrons. The predicted molar refractivity (Wildman–Crippen MR) is 54.4 cm³/mol. The third-order valence-corrected chi connectivity index (χ3v) is 2.61. The zero-order valence-electron chi connectivity index (χ0n) is 8.30. The molecule has 0 radical (unpaired) electrons. The van der Waals surface area contributed by atoms with Crippen LogP contribution < -0.4 is 10.6 Å². The molecule has 0 heterocycles. The Kier molecular flexibility index (Phi) is 3.51. The zero-order chi connectivity index (χ0) is 9.73. The van der Waals surface area contributed by atoms with Crippen LogP contribution in [0.3, 0.4) is 0 Å². The van der Waals surface area contributed by atoms with Gasteiger partial charge in [0.1, 0.15) is 0 Å². The summed E-state index contributed by atoms with van der Waals surface area (Å²) in [7, 11) is 3.84. The average molecular weight is 182 g/mol. The Morgan fingerprint density at radius 1 is 1.54 bits per heavy atom. The quantitative estimate of drug-likeness (QED) is 0.589. The van der Waals surface area contributed by atoms with Gasteiger partial charge in [-0.2, -0.15) is 0 Å². The molecule has 1 rings (SSSR count). The van der Waals surface area contributed by atoms with Crippen molar-refractivity contribution >= 4 is 0 Å². The number of hydrogen-bond acceptors (Lipinski definition) is 3. The van der Waals surface area contributed by atoms with E-state index in [2.05, 4.69) is 28.9 Å². The van der Waals surface area contributed by atoms with Gasteiger partial charge in [0, 0.05) is 24.9 Å². The molecule has 0 saturated heterocycles. The lowest BCUT2D eigenvalue weighted by Gasteiger charge is -2.31. The molecule has 3 N–H and O–H groups in total. The minimum atomic E-state index is -0.0465. The molecule has 1 unspecified atom stereocenters. The van der Waals surface area contributed by atoms with E-state index in [-0.39, 0.29) is 12.1 Å². The van der Waals surface area contributed by atoms with E-state index in [1.165, 1.54) is 0 Å². The third kappa shape index (κ3) is 2.32. The van der Waals surface area contributed by atoms with Gasteiger partial charge in [0.2, 0.25) is 0 Å². The standard InChI is InChI=1S/C10H18N2O/c1-11-9-3-5-10(12-2,6-4-9)7-8-13/h3-5,11-13H,6-8H2,1-2H3. The summed E-state index contributed by atoms with van der Waals surface area (Å²) in [4.78, 5) is 0. The fourth-order valence-corrected chi connectivity index (χ4v) is 1.56. The molecule has 13 heavy (non-hydrogen) atoms. The molecule has 0 spiro atoms. The molecule has 1 atom stereocenters. The molecule has 0 aromatic heterocycles. The Morgan fingerprint density at radius 2 is 2.31 bits per heavy atom. The molecule has 0 amide bonds. The molecule has 1 aliphatic carbocycles.